The van der Waals surface area contributed by atoms with Crippen molar-refractivity contribution in [1.29, 1.82) is 0 Å². The fraction of sp³-hybridized carbons (Fsp3) is 0.158. The smallest absolute Gasteiger partial charge is 0.255 e. The number of H-pyrrole nitrogens is 1. The summed E-state index contributed by atoms with van der Waals surface area (Å²) in [7, 11) is -2.07. The Kier molecular flexibility index (Phi) is 5.86. The monoisotopic (exact) mass is 402 g/mol. The molecule has 0 bridgehead atoms. The van der Waals surface area contributed by atoms with Crippen molar-refractivity contribution in [2.75, 3.05) is 7.05 Å². The van der Waals surface area contributed by atoms with E-state index in [9.17, 15) is 17.6 Å². The van der Waals surface area contributed by atoms with Crippen LogP contribution in [0.5, 0.6) is 0 Å². The molecule has 1 heterocycles. The van der Waals surface area contributed by atoms with Crippen molar-refractivity contribution in [3.8, 4) is 11.3 Å². The average Bonchev–Trinajstić information content (AvgIpc) is 3.17. The molecule has 3 aromatic rings. The number of hydrogen-bond donors (Lipinski definition) is 3. The number of halogens is 1. The second-order valence-corrected chi connectivity index (χ2v) is 8.01. The maximum absolute atomic E-state index is 13.1. The minimum Gasteiger partial charge on any atom is -0.348 e. The van der Waals surface area contributed by atoms with Crippen LogP contribution in [-0.2, 0) is 22.3 Å². The van der Waals surface area contributed by atoms with E-state index in [1.54, 1.807) is 36.4 Å². The van der Waals surface area contributed by atoms with E-state index < -0.39 is 10.0 Å². The maximum Gasteiger partial charge on any atom is 0.255 e. The third-order valence-corrected chi connectivity index (χ3v) is 5.54. The largest absolute Gasteiger partial charge is 0.348 e. The Balaban J connectivity index is 1.76. The molecule has 0 saturated carbocycles. The van der Waals surface area contributed by atoms with E-state index in [2.05, 4.69) is 20.2 Å². The van der Waals surface area contributed by atoms with Gasteiger partial charge in [0.1, 0.15) is 5.82 Å². The Bertz CT molecular complexity index is 1080. The summed E-state index contributed by atoms with van der Waals surface area (Å²) in [5.41, 5.74) is 2.71. The van der Waals surface area contributed by atoms with Gasteiger partial charge in [-0.1, -0.05) is 24.3 Å². The van der Waals surface area contributed by atoms with Crippen LogP contribution < -0.4 is 10.0 Å². The van der Waals surface area contributed by atoms with Crippen LogP contribution in [0.15, 0.2) is 54.7 Å². The highest BCUT2D eigenvalue weighted by Gasteiger charge is 2.17. The number of nitrogens with zero attached hydrogens (tertiary/aromatic N) is 1. The van der Waals surface area contributed by atoms with E-state index in [0.29, 0.717) is 27.9 Å². The number of sulfonamides is 1. The van der Waals surface area contributed by atoms with E-state index in [4.69, 9.17) is 0 Å². The van der Waals surface area contributed by atoms with Crippen molar-refractivity contribution in [3.05, 3.63) is 77.2 Å². The van der Waals surface area contributed by atoms with Crippen LogP contribution in [0.4, 0.5) is 4.39 Å². The molecule has 1 aromatic heterocycles. The highest BCUT2D eigenvalue weighted by molar-refractivity contribution is 7.88. The molecule has 0 spiro atoms. The van der Waals surface area contributed by atoms with Crippen molar-refractivity contribution < 1.29 is 17.6 Å². The van der Waals surface area contributed by atoms with E-state index >= 15 is 0 Å². The van der Waals surface area contributed by atoms with Crippen molar-refractivity contribution in [3.63, 3.8) is 0 Å². The number of carbonyl (C=O) groups is 1. The van der Waals surface area contributed by atoms with E-state index in [1.807, 2.05) is 0 Å². The number of carbonyl (C=O) groups excluding carboxylic acids is 1. The summed E-state index contributed by atoms with van der Waals surface area (Å²) in [4.78, 5) is 12.6. The molecule has 28 heavy (non-hydrogen) atoms. The van der Waals surface area contributed by atoms with Gasteiger partial charge < -0.3 is 5.32 Å². The van der Waals surface area contributed by atoms with Crippen molar-refractivity contribution in [2.45, 2.75) is 12.3 Å². The fourth-order valence-corrected chi connectivity index (χ4v) is 3.55. The molecule has 146 valence electrons. The van der Waals surface area contributed by atoms with Gasteiger partial charge in [-0.2, -0.15) is 5.10 Å². The van der Waals surface area contributed by atoms with Gasteiger partial charge in [-0.25, -0.2) is 17.5 Å². The molecule has 0 aliphatic heterocycles. The molecule has 0 saturated heterocycles. The predicted molar refractivity (Wildman–Crippen MR) is 103 cm³/mol. The lowest BCUT2D eigenvalue weighted by molar-refractivity contribution is 0.0951. The molecule has 0 unspecified atom stereocenters. The van der Waals surface area contributed by atoms with E-state index in [0.717, 1.165) is 0 Å². The first-order valence-corrected chi connectivity index (χ1v) is 10.1. The second kappa shape index (κ2) is 8.32. The van der Waals surface area contributed by atoms with Gasteiger partial charge >= 0.3 is 0 Å². The molecule has 3 N–H and O–H groups in total. The molecule has 1 amide bonds. The lowest BCUT2D eigenvalue weighted by Gasteiger charge is -2.11. The molecule has 0 aliphatic rings. The topological polar surface area (TPSA) is 104 Å². The highest BCUT2D eigenvalue weighted by atomic mass is 32.2. The van der Waals surface area contributed by atoms with Gasteiger partial charge in [0.15, 0.2) is 0 Å². The number of hydrogen-bond acceptors (Lipinski definition) is 4. The molecule has 0 fully saturated rings. The number of nitrogens with one attached hydrogen (secondary N) is 3. The van der Waals surface area contributed by atoms with Gasteiger partial charge in [-0.3, -0.25) is 9.89 Å². The molecule has 0 aliphatic carbocycles. The first-order chi connectivity index (χ1) is 13.4. The summed E-state index contributed by atoms with van der Waals surface area (Å²) in [6, 6.07) is 12.7. The van der Waals surface area contributed by atoms with E-state index in [1.165, 1.54) is 25.4 Å². The summed E-state index contributed by atoms with van der Waals surface area (Å²) in [5.74, 6) is -0.927. The summed E-state index contributed by atoms with van der Waals surface area (Å²) in [6.45, 7) is 0.155. The van der Waals surface area contributed by atoms with Crippen molar-refractivity contribution in [2.24, 2.45) is 0 Å². The molecule has 9 heteroatoms. The first-order valence-electron chi connectivity index (χ1n) is 8.45. The predicted octanol–water partition coefficient (Wildman–Crippen LogP) is 2.20. The first kappa shape index (κ1) is 19.7. The van der Waals surface area contributed by atoms with Crippen LogP contribution in [0.25, 0.3) is 11.3 Å². The number of benzene rings is 2. The molecular weight excluding hydrogens is 383 g/mol. The van der Waals surface area contributed by atoms with Gasteiger partial charge in [0.2, 0.25) is 10.0 Å². The van der Waals surface area contributed by atoms with Crippen molar-refractivity contribution >= 4 is 15.9 Å². The standard InChI is InChI=1S/C19H19FN4O3S/c1-21-28(26,27)12-15-5-3-2-4-14(15)10-22-19(25)17-11-23-24-18(17)13-6-8-16(20)9-7-13/h2-9,11,21H,10,12H2,1H3,(H,22,25)(H,23,24). The van der Waals surface area contributed by atoms with Gasteiger partial charge in [0, 0.05) is 12.1 Å². The van der Waals surface area contributed by atoms with Crippen molar-refractivity contribution in [1.82, 2.24) is 20.2 Å². The average molecular weight is 402 g/mol. The van der Waals surface area contributed by atoms with Crippen LogP contribution in [0.2, 0.25) is 0 Å². The fourth-order valence-electron chi connectivity index (χ4n) is 2.71. The Morgan fingerprint density at radius 3 is 2.46 bits per heavy atom. The normalized spacial score (nSPS) is 11.4. The SMILES string of the molecule is CNS(=O)(=O)Cc1ccccc1CNC(=O)c1cn[nH]c1-c1ccc(F)cc1. The minimum atomic E-state index is -3.43. The lowest BCUT2D eigenvalue weighted by Crippen LogP contribution is -2.25. The minimum absolute atomic E-state index is 0.155. The molecule has 3 rings (SSSR count). The van der Waals surface area contributed by atoms with Crippen LogP contribution in [0.3, 0.4) is 0 Å². The van der Waals surface area contributed by atoms with Gasteiger partial charge in [-0.05, 0) is 42.4 Å². The number of aromatic nitrogens is 2. The van der Waals surface area contributed by atoms with Crippen LogP contribution in [0.1, 0.15) is 21.5 Å². The van der Waals surface area contributed by atoms with Crippen LogP contribution in [0, 0.1) is 5.82 Å². The Hall–Kier alpha value is -3.04. The summed E-state index contributed by atoms with van der Waals surface area (Å²) >= 11 is 0. The quantitative estimate of drug-likeness (QED) is 0.564. The maximum atomic E-state index is 13.1. The number of amides is 1. The molecule has 0 atom stereocenters. The third-order valence-electron chi connectivity index (χ3n) is 4.23. The highest BCUT2D eigenvalue weighted by Crippen LogP contribution is 2.21. The molecule has 2 aromatic carbocycles. The van der Waals surface area contributed by atoms with Gasteiger partial charge in [0.05, 0.1) is 23.2 Å². The van der Waals surface area contributed by atoms with Crippen LogP contribution >= 0.6 is 0 Å². The number of aromatic amines is 1. The zero-order valence-electron chi connectivity index (χ0n) is 15.1. The molecule has 0 radical (unpaired) electrons. The second-order valence-electron chi connectivity index (χ2n) is 6.08. The van der Waals surface area contributed by atoms with E-state index in [-0.39, 0.29) is 24.0 Å². The Morgan fingerprint density at radius 1 is 1.11 bits per heavy atom. The lowest BCUT2D eigenvalue weighted by atomic mass is 10.1. The van der Waals surface area contributed by atoms with Gasteiger partial charge in [-0.15, -0.1) is 0 Å². The van der Waals surface area contributed by atoms with Crippen LogP contribution in [-0.4, -0.2) is 31.6 Å². The summed E-state index contributed by atoms with van der Waals surface area (Å²) in [5, 5.41) is 9.44. The zero-order chi connectivity index (χ0) is 20.1. The zero-order valence-corrected chi connectivity index (χ0v) is 15.9. The molecular formula is C19H19FN4O3S. The third kappa shape index (κ3) is 4.62. The summed E-state index contributed by atoms with van der Waals surface area (Å²) < 4.78 is 39.1. The molecule has 7 nitrogen and oxygen atoms in total. The number of rotatable bonds is 7. The van der Waals surface area contributed by atoms with Gasteiger partial charge in [0.25, 0.3) is 5.91 Å². The Morgan fingerprint density at radius 2 is 1.79 bits per heavy atom. The Labute approximate surface area is 162 Å². The summed E-state index contributed by atoms with van der Waals surface area (Å²) in [6.07, 6.45) is 1.39.